The highest BCUT2D eigenvalue weighted by Crippen LogP contribution is 2.37. The van der Waals surface area contributed by atoms with E-state index in [0.29, 0.717) is 10.7 Å². The van der Waals surface area contributed by atoms with Gasteiger partial charge < -0.3 is 15.4 Å². The molecule has 0 saturated carbocycles. The van der Waals surface area contributed by atoms with Gasteiger partial charge in [-0.05, 0) is 62.3 Å². The predicted octanol–water partition coefficient (Wildman–Crippen LogP) is 5.93. The first kappa shape index (κ1) is 17.4. The number of nitrogens with one attached hydrogen (secondary N) is 2. The van der Waals surface area contributed by atoms with Crippen LogP contribution in [-0.2, 0) is 0 Å². The smallest absolute Gasteiger partial charge is 0.218 e. The van der Waals surface area contributed by atoms with Crippen molar-refractivity contribution in [3.8, 4) is 5.88 Å². The first-order chi connectivity index (χ1) is 11.9. The fourth-order valence-electron chi connectivity index (χ4n) is 2.71. The number of anilines is 1. The number of rotatable bonds is 2. The Bertz CT molecular complexity index is 1010. The van der Waals surface area contributed by atoms with Crippen LogP contribution in [0.2, 0.25) is 5.02 Å². The Labute approximate surface area is 155 Å². The molecule has 0 fully saturated rings. The van der Waals surface area contributed by atoms with Gasteiger partial charge in [0.2, 0.25) is 11.0 Å². The van der Waals surface area contributed by atoms with Gasteiger partial charge in [0.15, 0.2) is 5.69 Å². The Morgan fingerprint density at radius 2 is 2.00 bits per heavy atom. The van der Waals surface area contributed by atoms with Crippen molar-refractivity contribution in [2.75, 3.05) is 5.32 Å². The van der Waals surface area contributed by atoms with Crippen LogP contribution in [0.4, 0.5) is 11.4 Å². The summed E-state index contributed by atoms with van der Waals surface area (Å²) in [5.74, 6) is -0.0332. The van der Waals surface area contributed by atoms with Crippen molar-refractivity contribution in [1.82, 2.24) is 4.98 Å². The number of thiocarbonyl (C=S) groups is 1. The van der Waals surface area contributed by atoms with Crippen LogP contribution >= 0.6 is 23.8 Å². The maximum Gasteiger partial charge on any atom is 0.218 e. The average Bonchev–Trinajstić information content (AvgIpc) is 2.86. The first-order valence-electron chi connectivity index (χ1n) is 7.66. The van der Waals surface area contributed by atoms with Gasteiger partial charge in [0.1, 0.15) is 0 Å². The molecular formula is C18H17ClN4OS. The molecule has 0 spiro atoms. The summed E-state index contributed by atoms with van der Waals surface area (Å²) in [6.45, 7) is 5.85. The molecule has 0 aliphatic heterocycles. The number of hydrogen-bond donors (Lipinski definition) is 3. The van der Waals surface area contributed by atoms with Crippen molar-refractivity contribution >= 4 is 51.2 Å². The van der Waals surface area contributed by atoms with Crippen molar-refractivity contribution in [2.24, 2.45) is 10.2 Å². The highest BCUT2D eigenvalue weighted by molar-refractivity contribution is 7.80. The zero-order valence-electron chi connectivity index (χ0n) is 14.0. The Balaban J connectivity index is 1.89. The molecule has 0 bridgehead atoms. The minimum absolute atomic E-state index is 0.0332. The summed E-state index contributed by atoms with van der Waals surface area (Å²) in [7, 11) is 0. The SMILES string of the molecule is Cc1cc(C)c2[nH]c(O)c(N=NC(=S)Nc3cccc(Cl)c3C)c2c1. The Morgan fingerprint density at radius 3 is 2.76 bits per heavy atom. The van der Waals surface area contributed by atoms with Crippen molar-refractivity contribution in [1.29, 1.82) is 0 Å². The summed E-state index contributed by atoms with van der Waals surface area (Å²) in [6.07, 6.45) is 0. The molecule has 0 amide bonds. The molecule has 3 rings (SSSR count). The number of azo groups is 1. The van der Waals surface area contributed by atoms with Gasteiger partial charge in [0, 0.05) is 16.1 Å². The lowest BCUT2D eigenvalue weighted by Crippen LogP contribution is -2.06. The summed E-state index contributed by atoms with van der Waals surface area (Å²) in [5, 5.41) is 22.9. The molecule has 3 N–H and O–H groups in total. The number of aromatic nitrogens is 1. The molecule has 1 heterocycles. The van der Waals surface area contributed by atoms with Crippen LogP contribution in [-0.4, -0.2) is 15.2 Å². The van der Waals surface area contributed by atoms with Gasteiger partial charge in [-0.15, -0.1) is 10.2 Å². The van der Waals surface area contributed by atoms with E-state index in [1.807, 2.05) is 45.0 Å². The van der Waals surface area contributed by atoms with E-state index in [2.05, 4.69) is 20.5 Å². The average molecular weight is 373 g/mol. The second kappa shape index (κ2) is 6.82. The number of hydrogen-bond acceptors (Lipinski definition) is 3. The predicted molar refractivity (Wildman–Crippen MR) is 106 cm³/mol. The highest BCUT2D eigenvalue weighted by Gasteiger charge is 2.13. The van der Waals surface area contributed by atoms with Crippen LogP contribution in [0.1, 0.15) is 16.7 Å². The van der Waals surface area contributed by atoms with Gasteiger partial charge in [-0.25, -0.2) is 0 Å². The number of benzene rings is 2. The summed E-state index contributed by atoms with van der Waals surface area (Å²) in [5.41, 5.74) is 4.96. The molecule has 128 valence electrons. The largest absolute Gasteiger partial charge is 0.493 e. The van der Waals surface area contributed by atoms with E-state index in [0.717, 1.165) is 33.3 Å². The molecule has 3 aromatic rings. The molecule has 0 aliphatic carbocycles. The van der Waals surface area contributed by atoms with Crippen molar-refractivity contribution in [2.45, 2.75) is 20.8 Å². The number of fused-ring (bicyclic) bond motifs is 1. The summed E-state index contributed by atoms with van der Waals surface area (Å²) in [4.78, 5) is 2.93. The molecule has 25 heavy (non-hydrogen) atoms. The van der Waals surface area contributed by atoms with Gasteiger partial charge in [-0.2, -0.15) is 0 Å². The van der Waals surface area contributed by atoms with Gasteiger partial charge in [-0.3, -0.25) is 0 Å². The number of H-pyrrole nitrogens is 1. The fourth-order valence-corrected chi connectivity index (χ4v) is 3.03. The number of aromatic hydroxyl groups is 1. The standard InChI is InChI=1S/C18H17ClN4OS/c1-9-7-10(2)15-12(8-9)16(17(24)21-15)22-23-18(25)20-14-6-4-5-13(19)11(14)3/h4-8,21,24H,1-3H3,(H,20,25). The van der Waals surface area contributed by atoms with Crippen molar-refractivity contribution < 1.29 is 5.11 Å². The summed E-state index contributed by atoms with van der Waals surface area (Å²) < 4.78 is 0. The van der Waals surface area contributed by atoms with Gasteiger partial charge in [0.25, 0.3) is 0 Å². The molecule has 2 aromatic carbocycles. The molecule has 0 saturated heterocycles. The van der Waals surface area contributed by atoms with Crippen molar-refractivity contribution in [3.63, 3.8) is 0 Å². The van der Waals surface area contributed by atoms with Crippen LogP contribution < -0.4 is 5.32 Å². The fraction of sp³-hybridized carbons (Fsp3) is 0.167. The third kappa shape index (κ3) is 3.50. The minimum atomic E-state index is -0.0332. The van der Waals surface area contributed by atoms with Crippen LogP contribution in [0.15, 0.2) is 40.6 Å². The molecule has 7 heteroatoms. The van der Waals surface area contributed by atoms with E-state index in [9.17, 15) is 5.11 Å². The topological polar surface area (TPSA) is 72.8 Å². The quantitative estimate of drug-likeness (QED) is 0.385. The number of aryl methyl sites for hydroxylation is 2. The second-order valence-electron chi connectivity index (χ2n) is 5.87. The number of halogens is 1. The van der Waals surface area contributed by atoms with E-state index < -0.39 is 0 Å². The molecule has 0 aliphatic rings. The van der Waals surface area contributed by atoms with E-state index in [-0.39, 0.29) is 11.0 Å². The Hall–Kier alpha value is -2.44. The van der Waals surface area contributed by atoms with E-state index >= 15 is 0 Å². The third-order valence-corrected chi connectivity index (χ3v) is 4.55. The van der Waals surface area contributed by atoms with Crippen molar-refractivity contribution in [3.05, 3.63) is 52.0 Å². The Kier molecular flexibility index (Phi) is 4.74. The highest BCUT2D eigenvalue weighted by atomic mass is 35.5. The van der Waals surface area contributed by atoms with Crippen LogP contribution in [0.25, 0.3) is 10.9 Å². The summed E-state index contributed by atoms with van der Waals surface area (Å²) in [6, 6.07) is 9.48. The Morgan fingerprint density at radius 1 is 1.24 bits per heavy atom. The monoisotopic (exact) mass is 372 g/mol. The molecule has 0 atom stereocenters. The normalized spacial score (nSPS) is 11.4. The van der Waals surface area contributed by atoms with E-state index in [1.54, 1.807) is 6.07 Å². The third-order valence-electron chi connectivity index (χ3n) is 3.95. The zero-order valence-corrected chi connectivity index (χ0v) is 15.6. The zero-order chi connectivity index (χ0) is 18.1. The number of aromatic amines is 1. The maximum atomic E-state index is 10.1. The van der Waals surface area contributed by atoms with E-state index in [4.69, 9.17) is 23.8 Å². The lowest BCUT2D eigenvalue weighted by Gasteiger charge is -2.07. The minimum Gasteiger partial charge on any atom is -0.493 e. The second-order valence-corrected chi connectivity index (χ2v) is 6.66. The van der Waals surface area contributed by atoms with Crippen LogP contribution in [0, 0.1) is 20.8 Å². The molecule has 0 unspecified atom stereocenters. The molecule has 5 nitrogen and oxygen atoms in total. The summed E-state index contributed by atoms with van der Waals surface area (Å²) >= 11 is 11.3. The molecule has 1 aromatic heterocycles. The molecule has 0 radical (unpaired) electrons. The van der Waals surface area contributed by atoms with Crippen LogP contribution in [0.3, 0.4) is 0 Å². The van der Waals surface area contributed by atoms with Crippen LogP contribution in [0.5, 0.6) is 5.88 Å². The van der Waals surface area contributed by atoms with Gasteiger partial charge in [0.05, 0.1) is 5.52 Å². The van der Waals surface area contributed by atoms with Gasteiger partial charge in [-0.1, -0.05) is 29.3 Å². The van der Waals surface area contributed by atoms with Gasteiger partial charge >= 0.3 is 0 Å². The first-order valence-corrected chi connectivity index (χ1v) is 8.45. The number of nitrogens with zero attached hydrogens (tertiary/aromatic N) is 2. The lowest BCUT2D eigenvalue weighted by atomic mass is 10.1. The van der Waals surface area contributed by atoms with E-state index in [1.165, 1.54) is 0 Å². The maximum absolute atomic E-state index is 10.1. The molecular weight excluding hydrogens is 356 g/mol. The lowest BCUT2D eigenvalue weighted by molar-refractivity contribution is 0.459.